The Kier molecular flexibility index (Phi) is 15.6. The van der Waals surface area contributed by atoms with Gasteiger partial charge in [-0.3, -0.25) is 0 Å². The Balaban J connectivity index is 0.000000567. The maximum absolute atomic E-state index is 10.3. The largest absolute Gasteiger partial charge is 0.744 e. The van der Waals surface area contributed by atoms with E-state index < -0.39 is 17.4 Å². The Morgan fingerprint density at radius 2 is 1.07 bits per heavy atom. The normalized spacial score (nSPS) is 11.8. The molecule has 1 aromatic rings. The van der Waals surface area contributed by atoms with E-state index in [4.69, 9.17) is 11.6 Å². The first-order chi connectivity index (χ1) is 13.2. The van der Waals surface area contributed by atoms with Gasteiger partial charge in [-0.15, -0.1) is 0 Å². The summed E-state index contributed by atoms with van der Waals surface area (Å²) in [5.74, 6) is 0. The molecular formula is C22H40ClO3PS. The number of unbranched alkanes of at least 4 members (excludes halogenated alkanes) is 4. The molecule has 0 fully saturated rings. The molecule has 0 aromatic heterocycles. The van der Waals surface area contributed by atoms with Crippen molar-refractivity contribution >= 4 is 29.0 Å². The van der Waals surface area contributed by atoms with Crippen molar-refractivity contribution in [2.24, 2.45) is 0 Å². The van der Waals surface area contributed by atoms with Gasteiger partial charge in [0.2, 0.25) is 0 Å². The van der Waals surface area contributed by atoms with Gasteiger partial charge in [0.1, 0.15) is 10.1 Å². The summed E-state index contributed by atoms with van der Waals surface area (Å²) >= 11 is 5.46. The summed E-state index contributed by atoms with van der Waals surface area (Å²) in [5, 5.41) is 0.400. The second kappa shape index (κ2) is 15.7. The predicted molar refractivity (Wildman–Crippen MR) is 125 cm³/mol. The van der Waals surface area contributed by atoms with Crippen molar-refractivity contribution < 1.29 is 13.0 Å². The van der Waals surface area contributed by atoms with Crippen molar-refractivity contribution in [2.75, 3.05) is 24.6 Å². The summed E-state index contributed by atoms with van der Waals surface area (Å²) in [7, 11) is -4.89. The van der Waals surface area contributed by atoms with Crippen LogP contribution in [0.25, 0.3) is 0 Å². The summed E-state index contributed by atoms with van der Waals surface area (Å²) in [6.07, 6.45) is 17.9. The van der Waals surface area contributed by atoms with Gasteiger partial charge in [-0.05, 0) is 49.9 Å². The van der Waals surface area contributed by atoms with E-state index in [2.05, 4.69) is 27.7 Å². The van der Waals surface area contributed by atoms with Crippen LogP contribution in [-0.2, 0) is 10.1 Å². The molecule has 0 amide bonds. The van der Waals surface area contributed by atoms with E-state index in [1.54, 1.807) is 24.6 Å². The minimum atomic E-state index is -4.33. The van der Waals surface area contributed by atoms with Gasteiger partial charge in [-0.1, -0.05) is 65.0 Å². The van der Waals surface area contributed by atoms with Gasteiger partial charge in [0, 0.05) is 12.3 Å². The fourth-order valence-corrected chi connectivity index (χ4v) is 9.13. The minimum Gasteiger partial charge on any atom is -0.744 e. The Morgan fingerprint density at radius 1 is 0.750 bits per heavy atom. The fourth-order valence-electron chi connectivity index (χ4n) is 3.25. The highest BCUT2D eigenvalue weighted by Gasteiger charge is 2.34. The Morgan fingerprint density at radius 3 is 1.32 bits per heavy atom. The molecule has 0 saturated heterocycles. The lowest BCUT2D eigenvalue weighted by molar-refractivity contribution is 0.463. The Bertz CT molecular complexity index is 565. The van der Waals surface area contributed by atoms with E-state index in [1.807, 2.05) is 0 Å². The molecule has 0 radical (unpaired) electrons. The van der Waals surface area contributed by atoms with E-state index in [9.17, 15) is 13.0 Å². The van der Waals surface area contributed by atoms with Crippen LogP contribution in [0.5, 0.6) is 0 Å². The summed E-state index contributed by atoms with van der Waals surface area (Å²) in [4.78, 5) is -0.262. The minimum absolute atomic E-state index is 0.262. The summed E-state index contributed by atoms with van der Waals surface area (Å²) in [6.45, 7) is 9.42. The second-order valence-corrected chi connectivity index (χ2v) is 13.8. The summed E-state index contributed by atoms with van der Waals surface area (Å²) in [6, 6.07) is 5.05. The van der Waals surface area contributed by atoms with Crippen LogP contribution in [0.1, 0.15) is 79.1 Å². The molecule has 0 aliphatic heterocycles. The van der Waals surface area contributed by atoms with Gasteiger partial charge >= 0.3 is 0 Å². The molecule has 0 aliphatic rings. The van der Waals surface area contributed by atoms with Gasteiger partial charge in [-0.25, -0.2) is 8.42 Å². The maximum Gasteiger partial charge on any atom is 0.124 e. The topological polar surface area (TPSA) is 57.2 Å². The van der Waals surface area contributed by atoms with E-state index in [0.29, 0.717) is 5.02 Å². The SMILES string of the molecule is CCCC[P+](CCCC)(CCCC)CCCC.O=S(=O)([O-])c1ccc(Cl)cc1. The lowest BCUT2D eigenvalue weighted by Crippen LogP contribution is -2.12. The average Bonchev–Trinajstić information content (AvgIpc) is 2.67. The third-order valence-corrected chi connectivity index (χ3v) is 11.2. The van der Waals surface area contributed by atoms with Crippen LogP contribution in [-0.4, -0.2) is 37.6 Å². The lowest BCUT2D eigenvalue weighted by atomic mass is 10.4. The maximum atomic E-state index is 10.3. The number of rotatable bonds is 13. The van der Waals surface area contributed by atoms with E-state index >= 15 is 0 Å². The molecule has 0 heterocycles. The van der Waals surface area contributed by atoms with Gasteiger partial charge in [-0.2, -0.15) is 0 Å². The molecular weight excluding hydrogens is 411 g/mol. The molecule has 0 aliphatic carbocycles. The van der Waals surface area contributed by atoms with Crippen molar-refractivity contribution in [1.29, 1.82) is 0 Å². The molecule has 1 aromatic carbocycles. The van der Waals surface area contributed by atoms with Gasteiger partial charge < -0.3 is 4.55 Å². The number of halogens is 1. The quantitative estimate of drug-likeness (QED) is 0.231. The van der Waals surface area contributed by atoms with E-state index in [0.717, 1.165) is 0 Å². The first kappa shape index (κ1) is 27.8. The molecule has 0 unspecified atom stereocenters. The van der Waals surface area contributed by atoms with Crippen LogP contribution < -0.4 is 0 Å². The molecule has 0 atom stereocenters. The fraction of sp³-hybridized carbons (Fsp3) is 0.727. The molecule has 0 spiro atoms. The van der Waals surface area contributed by atoms with Gasteiger partial charge in [0.25, 0.3) is 0 Å². The van der Waals surface area contributed by atoms with E-state index in [1.165, 1.54) is 75.6 Å². The second-order valence-electron chi connectivity index (χ2n) is 7.56. The monoisotopic (exact) mass is 450 g/mol. The van der Waals surface area contributed by atoms with E-state index in [-0.39, 0.29) is 4.90 Å². The molecule has 3 nitrogen and oxygen atoms in total. The first-order valence-corrected chi connectivity index (χ1v) is 15.1. The summed E-state index contributed by atoms with van der Waals surface area (Å²) in [5.41, 5.74) is 0. The zero-order valence-electron chi connectivity index (χ0n) is 18.3. The van der Waals surface area contributed by atoms with Crippen molar-refractivity contribution in [3.63, 3.8) is 0 Å². The highest BCUT2D eigenvalue weighted by molar-refractivity contribution is 7.85. The Labute approximate surface area is 179 Å². The molecule has 1 rings (SSSR count). The van der Waals surface area contributed by atoms with Crippen LogP contribution in [0.4, 0.5) is 0 Å². The third kappa shape index (κ3) is 12.4. The van der Waals surface area contributed by atoms with Gasteiger partial charge in [0.15, 0.2) is 0 Å². The molecule has 0 N–H and O–H groups in total. The van der Waals surface area contributed by atoms with Crippen molar-refractivity contribution in [3.05, 3.63) is 29.3 Å². The van der Waals surface area contributed by atoms with Gasteiger partial charge in [0.05, 0.1) is 29.5 Å². The van der Waals surface area contributed by atoms with Crippen LogP contribution in [0.3, 0.4) is 0 Å². The highest BCUT2D eigenvalue weighted by atomic mass is 35.5. The zero-order valence-corrected chi connectivity index (χ0v) is 20.7. The average molecular weight is 451 g/mol. The van der Waals surface area contributed by atoms with Crippen molar-refractivity contribution in [3.8, 4) is 0 Å². The molecule has 0 bridgehead atoms. The highest BCUT2D eigenvalue weighted by Crippen LogP contribution is 2.61. The first-order valence-electron chi connectivity index (χ1n) is 10.8. The summed E-state index contributed by atoms with van der Waals surface area (Å²) < 4.78 is 31.0. The standard InChI is InChI=1S/C16H36P.C6H5ClO3S/c1-5-9-13-17(14-10-6-2,15-11-7-3)16-12-8-4;7-5-1-3-6(4-2-5)11(8,9)10/h5-16H2,1-4H3;1-4H,(H,8,9,10)/q+1;/p-1. The molecule has 6 heteroatoms. The smallest absolute Gasteiger partial charge is 0.124 e. The number of hydrogen-bond acceptors (Lipinski definition) is 3. The molecule has 28 heavy (non-hydrogen) atoms. The number of benzene rings is 1. The van der Waals surface area contributed by atoms with Crippen LogP contribution in [0, 0.1) is 0 Å². The Hall–Kier alpha value is -0.150. The van der Waals surface area contributed by atoms with Crippen LogP contribution in [0.2, 0.25) is 5.02 Å². The zero-order chi connectivity index (χ0) is 21.5. The van der Waals surface area contributed by atoms with Crippen LogP contribution >= 0.6 is 18.9 Å². The predicted octanol–water partition coefficient (Wildman–Crippen LogP) is 7.45. The number of hydrogen-bond donors (Lipinski definition) is 0. The molecule has 0 saturated carbocycles. The lowest BCUT2D eigenvalue weighted by Gasteiger charge is -2.28. The molecule has 164 valence electrons. The third-order valence-electron chi connectivity index (χ3n) is 5.05. The van der Waals surface area contributed by atoms with Crippen molar-refractivity contribution in [1.82, 2.24) is 0 Å². The van der Waals surface area contributed by atoms with Crippen molar-refractivity contribution in [2.45, 2.75) is 84.0 Å². The van der Waals surface area contributed by atoms with Crippen LogP contribution in [0.15, 0.2) is 29.2 Å².